The van der Waals surface area contributed by atoms with E-state index in [-0.39, 0.29) is 13.0 Å². The van der Waals surface area contributed by atoms with E-state index in [0.717, 1.165) is 8.47 Å². The number of nitrogens with zero attached hydrogens (tertiary/aromatic N) is 1. The average molecular weight is 411 g/mol. The van der Waals surface area contributed by atoms with Crippen molar-refractivity contribution in [1.82, 2.24) is 4.90 Å². The second-order valence-electron chi connectivity index (χ2n) is 4.45. The van der Waals surface area contributed by atoms with Gasteiger partial charge in [0.15, 0.2) is 0 Å². The molecule has 0 bridgehead atoms. The molecule has 0 spiro atoms. The number of hydrogen-bond acceptors (Lipinski definition) is 3. The maximum Gasteiger partial charge on any atom is 0.326 e. The third-order valence-corrected chi connectivity index (χ3v) is 4.13. The Balaban J connectivity index is 2.13. The number of urea groups is 1. The summed E-state index contributed by atoms with van der Waals surface area (Å²) < 4.78 is 0.745. The smallest absolute Gasteiger partial charge is 0.326 e. The lowest BCUT2D eigenvalue weighted by atomic mass is 10.2. The van der Waals surface area contributed by atoms with Gasteiger partial charge in [-0.3, -0.25) is 0 Å². The van der Waals surface area contributed by atoms with Gasteiger partial charge in [-0.05, 0) is 40.8 Å². The van der Waals surface area contributed by atoms with Crippen molar-refractivity contribution in [2.45, 2.75) is 18.6 Å². The molecule has 1 fully saturated rings. The molecule has 1 saturated heterocycles. The first-order valence-electron chi connectivity index (χ1n) is 5.82. The number of β-amino-alcohol motifs (C(OH)–C–C–N with tert-alkyl or cyclic N) is 1. The molecule has 0 radical (unpaired) electrons. The maximum absolute atomic E-state index is 12.1. The second kappa shape index (κ2) is 6.15. The van der Waals surface area contributed by atoms with Gasteiger partial charge in [0.1, 0.15) is 6.04 Å². The average Bonchev–Trinajstić information content (AvgIpc) is 2.75. The molecule has 0 saturated carbocycles. The predicted molar refractivity (Wildman–Crippen MR) is 81.9 cm³/mol. The number of aliphatic carboxylic acids is 1. The molecule has 2 rings (SSSR count). The normalized spacial score (nSPS) is 21.9. The van der Waals surface area contributed by atoms with Crippen LogP contribution < -0.4 is 5.32 Å². The molecule has 0 aromatic heterocycles. The van der Waals surface area contributed by atoms with Gasteiger partial charge in [0.2, 0.25) is 0 Å². The van der Waals surface area contributed by atoms with Crippen LogP contribution in [0.25, 0.3) is 0 Å². The van der Waals surface area contributed by atoms with Crippen molar-refractivity contribution in [3.63, 3.8) is 0 Å². The summed E-state index contributed by atoms with van der Waals surface area (Å²) in [4.78, 5) is 24.3. The van der Waals surface area contributed by atoms with E-state index in [2.05, 4.69) is 5.32 Å². The third-order valence-electron chi connectivity index (χ3n) is 3.00. The van der Waals surface area contributed by atoms with Gasteiger partial charge in [-0.15, -0.1) is 0 Å². The number of halogens is 2. The van der Waals surface area contributed by atoms with Gasteiger partial charge in [0.25, 0.3) is 0 Å². The van der Waals surface area contributed by atoms with Crippen LogP contribution in [0.2, 0.25) is 5.02 Å². The summed E-state index contributed by atoms with van der Waals surface area (Å²) in [6.45, 7) is 0.00691. The lowest BCUT2D eigenvalue weighted by Crippen LogP contribution is -2.43. The van der Waals surface area contributed by atoms with Crippen LogP contribution in [0.4, 0.5) is 10.5 Å². The monoisotopic (exact) mass is 410 g/mol. The molecule has 1 aromatic rings. The molecule has 2 amide bonds. The Bertz CT molecular complexity index is 554. The minimum absolute atomic E-state index is 0.00691. The minimum Gasteiger partial charge on any atom is -0.480 e. The highest BCUT2D eigenvalue weighted by Crippen LogP contribution is 2.24. The van der Waals surface area contributed by atoms with Gasteiger partial charge in [0, 0.05) is 21.6 Å². The van der Waals surface area contributed by atoms with Crippen molar-refractivity contribution in [3.8, 4) is 0 Å². The largest absolute Gasteiger partial charge is 0.480 e. The van der Waals surface area contributed by atoms with Crippen LogP contribution in [-0.2, 0) is 4.79 Å². The first-order valence-corrected chi connectivity index (χ1v) is 7.27. The molecule has 6 nitrogen and oxygen atoms in total. The van der Waals surface area contributed by atoms with E-state index in [9.17, 15) is 14.7 Å². The van der Waals surface area contributed by atoms with E-state index in [4.69, 9.17) is 16.7 Å². The Kier molecular flexibility index (Phi) is 4.71. The van der Waals surface area contributed by atoms with Gasteiger partial charge in [-0.25, -0.2) is 9.59 Å². The fraction of sp³-hybridized carbons (Fsp3) is 0.333. The summed E-state index contributed by atoms with van der Waals surface area (Å²) in [6.07, 6.45) is -0.772. The van der Waals surface area contributed by atoms with Crippen LogP contribution in [0.5, 0.6) is 0 Å². The van der Waals surface area contributed by atoms with Gasteiger partial charge in [-0.2, -0.15) is 0 Å². The molecule has 108 valence electrons. The van der Waals surface area contributed by atoms with E-state index in [1.54, 1.807) is 18.2 Å². The van der Waals surface area contributed by atoms with Crippen LogP contribution in [0, 0.1) is 3.57 Å². The van der Waals surface area contributed by atoms with Gasteiger partial charge >= 0.3 is 12.0 Å². The van der Waals surface area contributed by atoms with E-state index < -0.39 is 24.1 Å². The number of carbonyl (C=O) groups is 2. The Morgan fingerprint density at radius 2 is 2.15 bits per heavy atom. The Morgan fingerprint density at radius 1 is 1.45 bits per heavy atom. The summed E-state index contributed by atoms with van der Waals surface area (Å²) in [5.74, 6) is -1.12. The van der Waals surface area contributed by atoms with Crippen molar-refractivity contribution in [1.29, 1.82) is 0 Å². The summed E-state index contributed by atoms with van der Waals surface area (Å²) in [5.41, 5.74) is 0.547. The quantitative estimate of drug-likeness (QED) is 0.651. The number of benzene rings is 1. The number of carboxylic acids is 1. The van der Waals surface area contributed by atoms with E-state index in [0.29, 0.717) is 10.7 Å². The number of anilines is 1. The lowest BCUT2D eigenvalue weighted by Gasteiger charge is -2.22. The summed E-state index contributed by atoms with van der Waals surface area (Å²) in [5, 5.41) is 21.8. The van der Waals surface area contributed by atoms with E-state index in [1.807, 2.05) is 22.6 Å². The maximum atomic E-state index is 12.1. The SMILES string of the molecule is O=C(O)[C@@H]1C[C@@H](O)CN1C(=O)Nc1ccc(Cl)cc1I. The fourth-order valence-corrected chi connectivity index (χ4v) is 3.06. The number of likely N-dealkylation sites (tertiary alicyclic amines) is 1. The zero-order valence-electron chi connectivity index (χ0n) is 10.2. The number of aliphatic hydroxyl groups excluding tert-OH is 1. The first-order chi connectivity index (χ1) is 9.38. The molecule has 20 heavy (non-hydrogen) atoms. The van der Waals surface area contributed by atoms with Crippen LogP contribution in [-0.4, -0.2) is 45.8 Å². The van der Waals surface area contributed by atoms with Gasteiger partial charge < -0.3 is 20.4 Å². The van der Waals surface area contributed by atoms with Gasteiger partial charge in [-0.1, -0.05) is 11.6 Å². The number of carbonyl (C=O) groups excluding carboxylic acids is 1. The zero-order chi connectivity index (χ0) is 14.9. The van der Waals surface area contributed by atoms with Crippen LogP contribution in [0.3, 0.4) is 0 Å². The van der Waals surface area contributed by atoms with Crippen molar-refractivity contribution in [2.24, 2.45) is 0 Å². The minimum atomic E-state index is -1.12. The number of rotatable bonds is 2. The fourth-order valence-electron chi connectivity index (χ4n) is 2.05. The molecular formula is C12H12ClIN2O4. The van der Waals surface area contributed by atoms with Crippen LogP contribution in [0.15, 0.2) is 18.2 Å². The third kappa shape index (κ3) is 3.33. The van der Waals surface area contributed by atoms with Gasteiger partial charge in [0.05, 0.1) is 11.8 Å². The Morgan fingerprint density at radius 3 is 2.75 bits per heavy atom. The molecule has 0 aliphatic carbocycles. The molecule has 1 heterocycles. The predicted octanol–water partition coefficient (Wildman–Crippen LogP) is 2.00. The molecule has 1 aliphatic heterocycles. The Hall–Kier alpha value is -1.06. The topological polar surface area (TPSA) is 89.9 Å². The Labute approximate surface area is 133 Å². The van der Waals surface area contributed by atoms with E-state index in [1.165, 1.54) is 0 Å². The van der Waals surface area contributed by atoms with E-state index >= 15 is 0 Å². The highest BCUT2D eigenvalue weighted by atomic mass is 127. The van der Waals surface area contributed by atoms with Crippen LogP contribution in [0.1, 0.15) is 6.42 Å². The first kappa shape index (κ1) is 15.3. The number of amides is 2. The molecule has 8 heteroatoms. The number of aliphatic hydroxyl groups is 1. The standard InChI is InChI=1S/C12H12ClIN2O4/c13-6-1-2-9(8(14)3-6)15-12(20)16-5-7(17)4-10(16)11(18)19/h1-3,7,10,17H,4-5H2,(H,15,20)(H,18,19)/t7-,10+/m1/s1. The summed E-state index contributed by atoms with van der Waals surface area (Å²) >= 11 is 7.85. The molecule has 1 aromatic carbocycles. The number of nitrogens with one attached hydrogen (secondary N) is 1. The van der Waals surface area contributed by atoms with Crippen molar-refractivity contribution >= 4 is 51.9 Å². The number of carboxylic acid groups (broad SMARTS) is 1. The highest BCUT2D eigenvalue weighted by molar-refractivity contribution is 14.1. The molecule has 0 unspecified atom stereocenters. The molecule has 1 aliphatic rings. The summed E-state index contributed by atoms with van der Waals surface area (Å²) in [7, 11) is 0. The van der Waals surface area contributed by atoms with Crippen molar-refractivity contribution in [2.75, 3.05) is 11.9 Å². The van der Waals surface area contributed by atoms with Crippen molar-refractivity contribution in [3.05, 3.63) is 26.8 Å². The second-order valence-corrected chi connectivity index (χ2v) is 6.05. The number of hydrogen-bond donors (Lipinski definition) is 3. The summed E-state index contributed by atoms with van der Waals surface area (Å²) in [6, 6.07) is 3.41. The van der Waals surface area contributed by atoms with Crippen LogP contribution >= 0.6 is 34.2 Å². The highest BCUT2D eigenvalue weighted by Gasteiger charge is 2.39. The molecule has 3 N–H and O–H groups in total. The lowest BCUT2D eigenvalue weighted by molar-refractivity contribution is -0.141. The zero-order valence-corrected chi connectivity index (χ0v) is 13.1. The van der Waals surface area contributed by atoms with Crippen molar-refractivity contribution < 1.29 is 19.8 Å². The molecular weight excluding hydrogens is 398 g/mol. The molecule has 2 atom stereocenters.